The third-order valence-corrected chi connectivity index (χ3v) is 3.88. The normalized spacial score (nSPS) is 11.2. The van der Waals surface area contributed by atoms with Crippen molar-refractivity contribution in [3.8, 4) is 5.69 Å². The molecular weight excluding hydrogens is 345 g/mol. The fourth-order valence-corrected chi connectivity index (χ4v) is 2.51. The Morgan fingerprint density at radius 1 is 1.25 bits per heavy atom. The molecule has 0 radical (unpaired) electrons. The third kappa shape index (κ3) is 2.21. The Kier molecular flexibility index (Phi) is 3.48. The monoisotopic (exact) mass is 353 g/mol. The van der Waals surface area contributed by atoms with E-state index in [0.29, 0.717) is 21.6 Å². The van der Waals surface area contributed by atoms with Crippen molar-refractivity contribution in [3.05, 3.63) is 52.1 Å². The highest BCUT2D eigenvalue weighted by molar-refractivity contribution is 9.10. The van der Waals surface area contributed by atoms with E-state index in [2.05, 4.69) is 25.9 Å². The molecule has 0 unspecified atom stereocenters. The first-order valence-corrected chi connectivity index (χ1v) is 7.29. The van der Waals surface area contributed by atoms with Crippen molar-refractivity contribution >= 4 is 38.7 Å². The third-order valence-electron chi connectivity index (χ3n) is 2.99. The lowest BCUT2D eigenvalue weighted by molar-refractivity contribution is 0.620. The van der Waals surface area contributed by atoms with Crippen molar-refractivity contribution in [1.29, 1.82) is 0 Å². The summed E-state index contributed by atoms with van der Waals surface area (Å²) < 4.78 is 16.0. The van der Waals surface area contributed by atoms with E-state index in [4.69, 9.17) is 11.6 Å². The van der Waals surface area contributed by atoms with Gasteiger partial charge in [-0.05, 0) is 53.2 Å². The summed E-state index contributed by atoms with van der Waals surface area (Å²) >= 11 is 9.10. The highest BCUT2D eigenvalue weighted by atomic mass is 79.9. The van der Waals surface area contributed by atoms with Gasteiger partial charge in [0.15, 0.2) is 5.65 Å². The largest absolute Gasteiger partial charge is 0.280 e. The molecule has 6 heteroatoms. The van der Waals surface area contributed by atoms with Gasteiger partial charge in [-0.3, -0.25) is 4.57 Å². The van der Waals surface area contributed by atoms with Gasteiger partial charge in [-0.25, -0.2) is 14.4 Å². The quantitative estimate of drug-likeness (QED) is 0.640. The topological polar surface area (TPSA) is 30.7 Å². The first kappa shape index (κ1) is 13.5. The highest BCUT2D eigenvalue weighted by Crippen LogP contribution is 2.24. The minimum Gasteiger partial charge on any atom is -0.280 e. The second-order valence-corrected chi connectivity index (χ2v) is 5.51. The van der Waals surface area contributed by atoms with E-state index in [1.54, 1.807) is 16.7 Å². The Bertz CT molecular complexity index is 800. The Morgan fingerprint density at radius 3 is 2.75 bits per heavy atom. The molecule has 20 heavy (non-hydrogen) atoms. The number of fused-ring (bicyclic) bond motifs is 1. The number of hydrogen-bond acceptors (Lipinski definition) is 2. The van der Waals surface area contributed by atoms with Crippen LogP contribution in [0, 0.1) is 12.7 Å². The predicted molar refractivity (Wildman–Crippen MR) is 80.8 cm³/mol. The second-order valence-electron chi connectivity index (χ2n) is 4.39. The number of aromatic nitrogens is 3. The van der Waals surface area contributed by atoms with Gasteiger partial charge in [0.05, 0.1) is 16.0 Å². The Morgan fingerprint density at radius 2 is 2.05 bits per heavy atom. The summed E-state index contributed by atoms with van der Waals surface area (Å²) in [7, 11) is 0. The average molecular weight is 355 g/mol. The maximum absolute atomic E-state index is 13.8. The maximum Gasteiger partial charge on any atom is 0.164 e. The SMILES string of the molecule is Cc1ccc2nc(CCl)n(-c3ccc(Br)c(F)c3)c2n1. The van der Waals surface area contributed by atoms with Gasteiger partial charge in [0.25, 0.3) is 0 Å². The Balaban J connectivity index is 2.32. The summed E-state index contributed by atoms with van der Waals surface area (Å²) in [5.74, 6) is 0.534. The zero-order chi connectivity index (χ0) is 14.3. The van der Waals surface area contributed by atoms with E-state index in [9.17, 15) is 4.39 Å². The van der Waals surface area contributed by atoms with Gasteiger partial charge in [0, 0.05) is 5.69 Å². The van der Waals surface area contributed by atoms with Crippen LogP contribution in [0.1, 0.15) is 11.5 Å². The van der Waals surface area contributed by atoms with Gasteiger partial charge >= 0.3 is 0 Å². The van der Waals surface area contributed by atoms with Crippen molar-refractivity contribution in [2.45, 2.75) is 12.8 Å². The zero-order valence-corrected chi connectivity index (χ0v) is 12.9. The van der Waals surface area contributed by atoms with Crippen LogP contribution in [0.15, 0.2) is 34.8 Å². The molecule has 3 rings (SSSR count). The van der Waals surface area contributed by atoms with Crippen LogP contribution < -0.4 is 0 Å². The summed E-state index contributed by atoms with van der Waals surface area (Å²) in [4.78, 5) is 8.92. The summed E-state index contributed by atoms with van der Waals surface area (Å²) in [6.07, 6.45) is 0. The number of rotatable bonds is 2. The molecule has 3 nitrogen and oxygen atoms in total. The van der Waals surface area contributed by atoms with E-state index < -0.39 is 0 Å². The fourth-order valence-electron chi connectivity index (χ4n) is 2.08. The predicted octanol–water partition coefficient (Wildman–Crippen LogP) is 4.37. The molecule has 0 bridgehead atoms. The first-order chi connectivity index (χ1) is 9.60. The molecule has 2 aromatic heterocycles. The van der Waals surface area contributed by atoms with E-state index in [-0.39, 0.29) is 11.7 Å². The van der Waals surface area contributed by atoms with Crippen LogP contribution in [-0.2, 0) is 5.88 Å². The van der Waals surface area contributed by atoms with Crippen LogP contribution in [0.4, 0.5) is 4.39 Å². The average Bonchev–Trinajstić information content (AvgIpc) is 2.79. The minimum absolute atomic E-state index is 0.229. The van der Waals surface area contributed by atoms with Crippen molar-refractivity contribution in [3.63, 3.8) is 0 Å². The number of benzene rings is 1. The van der Waals surface area contributed by atoms with Gasteiger partial charge in [0.1, 0.15) is 17.2 Å². The van der Waals surface area contributed by atoms with Gasteiger partial charge < -0.3 is 0 Å². The Hall–Kier alpha value is -1.46. The first-order valence-electron chi connectivity index (χ1n) is 5.96. The molecule has 0 atom stereocenters. The van der Waals surface area contributed by atoms with Gasteiger partial charge in [-0.2, -0.15) is 0 Å². The molecule has 0 N–H and O–H groups in total. The second kappa shape index (κ2) is 5.14. The van der Waals surface area contributed by atoms with E-state index in [1.165, 1.54) is 6.07 Å². The molecule has 3 aromatic rings. The van der Waals surface area contributed by atoms with E-state index in [0.717, 1.165) is 11.2 Å². The van der Waals surface area contributed by atoms with Crippen molar-refractivity contribution < 1.29 is 4.39 Å². The van der Waals surface area contributed by atoms with Crippen LogP contribution >= 0.6 is 27.5 Å². The molecule has 0 fully saturated rings. The number of aryl methyl sites for hydroxylation is 1. The number of hydrogen-bond donors (Lipinski definition) is 0. The molecule has 102 valence electrons. The molecule has 2 heterocycles. The van der Waals surface area contributed by atoms with Crippen molar-refractivity contribution in [2.75, 3.05) is 0 Å². The molecule has 0 saturated heterocycles. The van der Waals surface area contributed by atoms with Crippen molar-refractivity contribution in [2.24, 2.45) is 0 Å². The van der Waals surface area contributed by atoms with Crippen LogP contribution in [0.3, 0.4) is 0 Å². The number of nitrogens with zero attached hydrogens (tertiary/aromatic N) is 3. The van der Waals surface area contributed by atoms with E-state index >= 15 is 0 Å². The number of imidazole rings is 1. The number of alkyl halides is 1. The zero-order valence-electron chi connectivity index (χ0n) is 10.6. The summed E-state index contributed by atoms with van der Waals surface area (Å²) in [5, 5.41) is 0. The molecule has 0 aliphatic heterocycles. The molecule has 0 saturated carbocycles. The van der Waals surface area contributed by atoms with Crippen LogP contribution in [-0.4, -0.2) is 14.5 Å². The van der Waals surface area contributed by atoms with Crippen LogP contribution in [0.2, 0.25) is 0 Å². The molecule has 0 aliphatic rings. The summed E-state index contributed by atoms with van der Waals surface area (Å²) in [6, 6.07) is 8.67. The molecule has 0 spiro atoms. The van der Waals surface area contributed by atoms with E-state index in [1.807, 2.05) is 19.1 Å². The van der Waals surface area contributed by atoms with Gasteiger partial charge in [0.2, 0.25) is 0 Å². The molecular formula is C14H10BrClFN3. The van der Waals surface area contributed by atoms with Gasteiger partial charge in [-0.15, -0.1) is 11.6 Å². The van der Waals surface area contributed by atoms with Gasteiger partial charge in [-0.1, -0.05) is 0 Å². The smallest absolute Gasteiger partial charge is 0.164 e. The number of pyridine rings is 1. The van der Waals surface area contributed by atoms with Crippen molar-refractivity contribution in [1.82, 2.24) is 14.5 Å². The molecule has 0 aliphatic carbocycles. The summed E-state index contributed by atoms with van der Waals surface area (Å²) in [6.45, 7) is 1.90. The summed E-state index contributed by atoms with van der Waals surface area (Å²) in [5.41, 5.74) is 2.95. The molecule has 1 aromatic carbocycles. The lowest BCUT2D eigenvalue weighted by atomic mass is 10.3. The van der Waals surface area contributed by atoms with Crippen LogP contribution in [0.5, 0.6) is 0 Å². The standard InChI is InChI=1S/C14H10BrClFN3/c1-8-2-5-12-14(18-8)20(13(7-16)19-12)9-3-4-10(15)11(17)6-9/h2-6H,7H2,1H3. The fraction of sp³-hybridized carbons (Fsp3) is 0.143. The molecule has 0 amide bonds. The maximum atomic E-state index is 13.8. The lowest BCUT2D eigenvalue weighted by Crippen LogP contribution is -2.01. The highest BCUT2D eigenvalue weighted by Gasteiger charge is 2.14. The lowest BCUT2D eigenvalue weighted by Gasteiger charge is -2.08. The minimum atomic E-state index is -0.336. The number of halogens is 3. The Labute approximate surface area is 128 Å². The van der Waals surface area contributed by atoms with Crippen LogP contribution in [0.25, 0.3) is 16.9 Å².